The fourth-order valence-electron chi connectivity index (χ4n) is 3.50. The fourth-order valence-corrected chi connectivity index (χ4v) is 3.50. The van der Waals surface area contributed by atoms with E-state index in [4.69, 9.17) is 5.73 Å². The predicted octanol–water partition coefficient (Wildman–Crippen LogP) is 2.64. The van der Waals surface area contributed by atoms with Crippen molar-refractivity contribution >= 4 is 11.8 Å². The Morgan fingerprint density at radius 1 is 0.960 bits per heavy atom. The van der Waals surface area contributed by atoms with Gasteiger partial charge in [0, 0.05) is 56.2 Å². The summed E-state index contributed by atoms with van der Waals surface area (Å²) in [4.78, 5) is 13.6. The third-order valence-corrected chi connectivity index (χ3v) is 4.92. The maximum atomic E-state index is 5.99. The van der Waals surface area contributed by atoms with E-state index in [1.807, 2.05) is 13.8 Å². The molecule has 0 atom stereocenters. The van der Waals surface area contributed by atoms with Crippen molar-refractivity contribution in [3.63, 3.8) is 0 Å². The maximum Gasteiger partial charge on any atom is 0.222 e. The number of rotatable bonds is 2. The van der Waals surface area contributed by atoms with E-state index < -0.39 is 0 Å². The second-order valence-electron chi connectivity index (χ2n) is 6.63. The molecule has 0 saturated carbocycles. The van der Waals surface area contributed by atoms with Crippen LogP contribution in [0, 0.1) is 0 Å². The van der Waals surface area contributed by atoms with Crippen LogP contribution in [0.15, 0.2) is 18.3 Å². The first-order chi connectivity index (χ1) is 12.2. The first-order valence-electron chi connectivity index (χ1n) is 9.46. The van der Waals surface area contributed by atoms with Crippen LogP contribution < -0.4 is 10.6 Å². The third kappa shape index (κ3) is 3.95. The van der Waals surface area contributed by atoms with Gasteiger partial charge in [-0.15, -0.1) is 0 Å². The Hall–Kier alpha value is -2.08. The lowest BCUT2D eigenvalue weighted by Crippen LogP contribution is -2.44. The van der Waals surface area contributed by atoms with Gasteiger partial charge >= 0.3 is 0 Å². The first kappa shape index (κ1) is 17.7. The van der Waals surface area contributed by atoms with Gasteiger partial charge in [0.05, 0.1) is 5.69 Å². The van der Waals surface area contributed by atoms with E-state index in [0.29, 0.717) is 5.95 Å². The summed E-state index contributed by atoms with van der Waals surface area (Å²) in [5, 5.41) is 0. The smallest absolute Gasteiger partial charge is 0.222 e. The van der Waals surface area contributed by atoms with Gasteiger partial charge in [-0.2, -0.15) is 4.98 Å². The Morgan fingerprint density at radius 3 is 2.44 bits per heavy atom. The monoisotopic (exact) mass is 342 g/mol. The maximum absolute atomic E-state index is 5.99. The quantitative estimate of drug-likeness (QED) is 0.909. The topological polar surface area (TPSA) is 63.2 Å². The van der Waals surface area contributed by atoms with Gasteiger partial charge in [0.1, 0.15) is 5.82 Å². The van der Waals surface area contributed by atoms with Gasteiger partial charge in [-0.05, 0) is 32.4 Å². The van der Waals surface area contributed by atoms with Crippen molar-refractivity contribution in [3.05, 3.63) is 24.0 Å². The molecule has 0 aliphatic carbocycles. The van der Waals surface area contributed by atoms with Crippen molar-refractivity contribution in [3.8, 4) is 11.3 Å². The van der Waals surface area contributed by atoms with Crippen LogP contribution in [-0.2, 0) is 13.0 Å². The van der Waals surface area contributed by atoms with Crippen LogP contribution >= 0.6 is 0 Å². The van der Waals surface area contributed by atoms with E-state index in [2.05, 4.69) is 49.7 Å². The molecule has 2 aliphatic heterocycles. The summed E-state index contributed by atoms with van der Waals surface area (Å²) < 4.78 is 2.35. The number of likely N-dealkylation sites (N-methyl/N-ethyl adjacent to an activating group) is 1. The lowest BCUT2D eigenvalue weighted by atomic mass is 10.1. The van der Waals surface area contributed by atoms with E-state index in [1.165, 1.54) is 18.5 Å². The number of nitrogens with zero attached hydrogens (tertiary/aromatic N) is 5. The second-order valence-corrected chi connectivity index (χ2v) is 6.63. The van der Waals surface area contributed by atoms with Crippen molar-refractivity contribution in [2.75, 3.05) is 43.9 Å². The molecule has 136 valence electrons. The second kappa shape index (κ2) is 7.87. The van der Waals surface area contributed by atoms with Crippen molar-refractivity contribution < 1.29 is 0 Å². The minimum atomic E-state index is 0.362. The number of anilines is 2. The molecule has 6 nitrogen and oxygen atoms in total. The van der Waals surface area contributed by atoms with Gasteiger partial charge in [-0.3, -0.25) is 0 Å². The summed E-state index contributed by atoms with van der Waals surface area (Å²) in [6, 6.07) is 4.34. The molecular formula is C19H30N6. The van der Waals surface area contributed by atoms with Crippen LogP contribution in [0.25, 0.3) is 11.3 Å². The number of fused-ring (bicyclic) bond motifs is 1. The Labute approximate surface area is 150 Å². The zero-order valence-electron chi connectivity index (χ0n) is 15.7. The highest BCUT2D eigenvalue weighted by Gasteiger charge is 2.18. The molecule has 4 rings (SSSR count). The van der Waals surface area contributed by atoms with Gasteiger partial charge in [-0.1, -0.05) is 13.8 Å². The lowest BCUT2D eigenvalue weighted by Gasteiger charge is -2.33. The van der Waals surface area contributed by atoms with E-state index in [1.54, 1.807) is 0 Å². The minimum absolute atomic E-state index is 0.362. The van der Waals surface area contributed by atoms with Gasteiger partial charge in [0.15, 0.2) is 0 Å². The fraction of sp³-hybridized carbons (Fsp3) is 0.579. The average molecular weight is 342 g/mol. The van der Waals surface area contributed by atoms with Gasteiger partial charge in [0.25, 0.3) is 0 Å². The van der Waals surface area contributed by atoms with E-state index in [-0.39, 0.29) is 0 Å². The third-order valence-electron chi connectivity index (χ3n) is 4.92. The molecule has 4 heterocycles. The molecule has 0 amide bonds. The van der Waals surface area contributed by atoms with Crippen molar-refractivity contribution in [1.82, 2.24) is 19.4 Å². The number of aryl methyl sites for hydroxylation is 2. The zero-order chi connectivity index (χ0) is 17.8. The lowest BCUT2D eigenvalue weighted by molar-refractivity contribution is 0.312. The molecule has 0 spiro atoms. The molecule has 0 unspecified atom stereocenters. The molecular weight excluding hydrogens is 312 g/mol. The molecule has 0 aromatic carbocycles. The van der Waals surface area contributed by atoms with Crippen molar-refractivity contribution in [2.24, 2.45) is 0 Å². The highest BCUT2D eigenvalue weighted by atomic mass is 15.3. The average Bonchev–Trinajstić information content (AvgIpc) is 3.08. The summed E-state index contributed by atoms with van der Waals surface area (Å²) in [5.74, 6) is 1.31. The largest absolute Gasteiger partial charge is 0.368 e. The normalized spacial score (nSPS) is 17.6. The predicted molar refractivity (Wildman–Crippen MR) is 104 cm³/mol. The first-order valence-corrected chi connectivity index (χ1v) is 9.46. The van der Waals surface area contributed by atoms with E-state index in [9.17, 15) is 0 Å². The molecule has 2 N–H and O–H groups in total. The zero-order valence-corrected chi connectivity index (χ0v) is 15.7. The number of hydrogen-bond acceptors (Lipinski definition) is 5. The number of piperazine rings is 1. The summed E-state index contributed by atoms with van der Waals surface area (Å²) in [6.07, 6.45) is 5.91. The minimum Gasteiger partial charge on any atom is -0.368 e. The standard InChI is InChI=1S/C17H24N6.C2H6/c1-21-6-8-22(9-7-21)16-11-15(19-17(18)20-16)13-10-14-4-2-3-5-23(14)12-13;1-2/h10-12H,2-9H2,1H3,(H2,18,19,20);1-2H3. The van der Waals surface area contributed by atoms with Crippen molar-refractivity contribution in [1.29, 1.82) is 0 Å². The SMILES string of the molecule is CC.CN1CCN(c2cc(-c3cc4n(c3)CCCC4)nc(N)n2)CC1. The molecule has 2 aromatic rings. The van der Waals surface area contributed by atoms with Crippen LogP contribution in [-0.4, -0.2) is 52.7 Å². The number of aromatic nitrogens is 3. The van der Waals surface area contributed by atoms with Gasteiger partial charge in [-0.25, -0.2) is 4.98 Å². The summed E-state index contributed by atoms with van der Waals surface area (Å²) in [6.45, 7) is 9.19. The summed E-state index contributed by atoms with van der Waals surface area (Å²) in [7, 11) is 2.16. The van der Waals surface area contributed by atoms with Crippen LogP contribution in [0.4, 0.5) is 11.8 Å². The highest BCUT2D eigenvalue weighted by molar-refractivity contribution is 5.65. The highest BCUT2D eigenvalue weighted by Crippen LogP contribution is 2.27. The summed E-state index contributed by atoms with van der Waals surface area (Å²) >= 11 is 0. The number of nitrogen functional groups attached to an aromatic ring is 1. The molecule has 0 radical (unpaired) electrons. The Kier molecular flexibility index (Phi) is 5.58. The van der Waals surface area contributed by atoms with Crippen molar-refractivity contribution in [2.45, 2.75) is 39.7 Å². The van der Waals surface area contributed by atoms with Crippen LogP contribution in [0.1, 0.15) is 32.4 Å². The van der Waals surface area contributed by atoms with Gasteiger partial charge in [0.2, 0.25) is 5.95 Å². The molecule has 2 aromatic heterocycles. The molecule has 0 bridgehead atoms. The molecule has 1 saturated heterocycles. The Balaban J connectivity index is 0.000000880. The molecule has 6 heteroatoms. The van der Waals surface area contributed by atoms with E-state index in [0.717, 1.165) is 56.2 Å². The van der Waals surface area contributed by atoms with Gasteiger partial charge < -0.3 is 20.1 Å². The Morgan fingerprint density at radius 2 is 1.72 bits per heavy atom. The Bertz CT molecular complexity index is 676. The number of hydrogen-bond donors (Lipinski definition) is 1. The van der Waals surface area contributed by atoms with E-state index >= 15 is 0 Å². The molecule has 25 heavy (non-hydrogen) atoms. The number of nitrogens with two attached hydrogens (primary N) is 1. The summed E-state index contributed by atoms with van der Waals surface area (Å²) in [5.41, 5.74) is 9.49. The van der Waals surface area contributed by atoms with Crippen LogP contribution in [0.5, 0.6) is 0 Å². The van der Waals surface area contributed by atoms with Crippen LogP contribution in [0.2, 0.25) is 0 Å². The molecule has 2 aliphatic rings. The van der Waals surface area contributed by atoms with Crippen LogP contribution in [0.3, 0.4) is 0 Å². The molecule has 1 fully saturated rings.